The fraction of sp³-hybridized carbons (Fsp3) is 0.250. The molecule has 2 N–H and O–H groups in total. The van der Waals surface area contributed by atoms with Gasteiger partial charge in [0.15, 0.2) is 0 Å². The van der Waals surface area contributed by atoms with Crippen molar-refractivity contribution in [3.8, 4) is 11.4 Å². The molecule has 3 heterocycles. The van der Waals surface area contributed by atoms with Gasteiger partial charge in [0, 0.05) is 32.8 Å². The predicted molar refractivity (Wildman–Crippen MR) is 101 cm³/mol. The third-order valence-corrected chi connectivity index (χ3v) is 4.88. The predicted octanol–water partition coefficient (Wildman–Crippen LogP) is 1.60. The van der Waals surface area contributed by atoms with Crippen molar-refractivity contribution in [2.24, 2.45) is 7.05 Å². The van der Waals surface area contributed by atoms with Crippen LogP contribution in [0.2, 0.25) is 0 Å². The van der Waals surface area contributed by atoms with Gasteiger partial charge in [0.1, 0.15) is 17.4 Å². The molecule has 0 saturated carbocycles. The van der Waals surface area contributed by atoms with Gasteiger partial charge in [-0.1, -0.05) is 30.3 Å². The molecule has 0 radical (unpaired) electrons. The fourth-order valence-corrected chi connectivity index (χ4v) is 3.44. The molecule has 2 amide bonds. The van der Waals surface area contributed by atoms with Crippen LogP contribution in [0.3, 0.4) is 0 Å². The molecule has 1 fully saturated rings. The average Bonchev–Trinajstić information content (AvgIpc) is 3.32. The minimum atomic E-state index is -0.532. The number of nitrogens with zero attached hydrogens (tertiary/aromatic N) is 3. The van der Waals surface area contributed by atoms with E-state index in [0.29, 0.717) is 30.9 Å². The summed E-state index contributed by atoms with van der Waals surface area (Å²) in [5.74, 6) is -0.334. The lowest BCUT2D eigenvalue weighted by molar-refractivity contribution is -0.127. The second-order valence-corrected chi connectivity index (χ2v) is 6.67. The molecule has 4 rings (SSSR count). The first kappa shape index (κ1) is 17.1. The fourth-order valence-electron chi connectivity index (χ4n) is 3.44. The SMILES string of the molecule is Cn1cccc1-c1cc(C(=O)N2CCNC(=O)C2Cc2ccccc2)[nH]n1. The average molecular weight is 363 g/mol. The zero-order valence-electron chi connectivity index (χ0n) is 15.1. The molecular formula is C20H21N5O2. The van der Waals surface area contributed by atoms with Crippen molar-refractivity contribution in [2.45, 2.75) is 12.5 Å². The molecule has 3 aromatic rings. The Morgan fingerprint density at radius 2 is 2.04 bits per heavy atom. The largest absolute Gasteiger partial charge is 0.353 e. The number of H-pyrrole nitrogens is 1. The number of carbonyl (C=O) groups excluding carboxylic acids is 2. The van der Waals surface area contributed by atoms with Crippen molar-refractivity contribution < 1.29 is 9.59 Å². The number of hydrogen-bond donors (Lipinski definition) is 2. The second kappa shape index (κ2) is 7.11. The first-order chi connectivity index (χ1) is 13.1. The molecule has 1 atom stereocenters. The normalized spacial score (nSPS) is 17.0. The topological polar surface area (TPSA) is 83.0 Å². The summed E-state index contributed by atoms with van der Waals surface area (Å²) in [6, 6.07) is 14.8. The van der Waals surface area contributed by atoms with Gasteiger partial charge in [-0.15, -0.1) is 0 Å². The summed E-state index contributed by atoms with van der Waals surface area (Å²) in [6.45, 7) is 0.926. The zero-order valence-corrected chi connectivity index (χ0v) is 15.1. The first-order valence-corrected chi connectivity index (χ1v) is 8.93. The van der Waals surface area contributed by atoms with Gasteiger partial charge >= 0.3 is 0 Å². The van der Waals surface area contributed by atoms with E-state index in [2.05, 4.69) is 15.5 Å². The highest BCUT2D eigenvalue weighted by atomic mass is 16.2. The van der Waals surface area contributed by atoms with E-state index >= 15 is 0 Å². The molecular weight excluding hydrogens is 342 g/mol. The highest BCUT2D eigenvalue weighted by Crippen LogP contribution is 2.20. The molecule has 7 nitrogen and oxygen atoms in total. The maximum atomic E-state index is 13.1. The first-order valence-electron chi connectivity index (χ1n) is 8.93. The number of carbonyl (C=O) groups is 2. The molecule has 1 unspecified atom stereocenters. The van der Waals surface area contributed by atoms with Crippen molar-refractivity contribution in [1.29, 1.82) is 0 Å². The second-order valence-electron chi connectivity index (χ2n) is 6.67. The van der Waals surface area contributed by atoms with Crippen LogP contribution in [0.5, 0.6) is 0 Å². The van der Waals surface area contributed by atoms with Crippen LogP contribution in [0.15, 0.2) is 54.7 Å². The Labute approximate surface area is 157 Å². The number of aromatic amines is 1. The summed E-state index contributed by atoms with van der Waals surface area (Å²) < 4.78 is 1.94. The molecule has 27 heavy (non-hydrogen) atoms. The Bertz CT molecular complexity index is 960. The van der Waals surface area contributed by atoms with Crippen molar-refractivity contribution in [2.75, 3.05) is 13.1 Å². The third-order valence-electron chi connectivity index (χ3n) is 4.88. The number of amides is 2. The standard InChI is InChI=1S/C20H21N5O2/c1-24-10-5-8-17(24)15-13-16(23-22-15)20(27)25-11-9-21-19(26)18(25)12-14-6-3-2-4-7-14/h2-8,10,13,18H,9,11-12H2,1H3,(H,21,26)(H,22,23). The minimum absolute atomic E-state index is 0.124. The van der Waals surface area contributed by atoms with Crippen molar-refractivity contribution >= 4 is 11.8 Å². The maximum Gasteiger partial charge on any atom is 0.272 e. The van der Waals surface area contributed by atoms with Gasteiger partial charge in [-0.3, -0.25) is 14.7 Å². The lowest BCUT2D eigenvalue weighted by Crippen LogP contribution is -2.58. The Hall–Kier alpha value is -3.35. The Morgan fingerprint density at radius 3 is 2.78 bits per heavy atom. The van der Waals surface area contributed by atoms with Gasteiger partial charge in [-0.05, 0) is 23.8 Å². The van der Waals surface area contributed by atoms with Crippen LogP contribution in [0.4, 0.5) is 0 Å². The van der Waals surface area contributed by atoms with E-state index in [-0.39, 0.29) is 11.8 Å². The Morgan fingerprint density at radius 1 is 1.22 bits per heavy atom. The summed E-state index contributed by atoms with van der Waals surface area (Å²) in [5, 5.41) is 9.96. The van der Waals surface area contributed by atoms with Crippen molar-refractivity contribution in [3.05, 3.63) is 66.0 Å². The summed E-state index contributed by atoms with van der Waals surface area (Å²) >= 11 is 0. The summed E-state index contributed by atoms with van der Waals surface area (Å²) in [5.41, 5.74) is 3.03. The van der Waals surface area contributed by atoms with Gasteiger partial charge in [0.05, 0.1) is 5.69 Å². The van der Waals surface area contributed by atoms with Crippen LogP contribution in [0, 0.1) is 0 Å². The summed E-state index contributed by atoms with van der Waals surface area (Å²) in [6.07, 6.45) is 2.41. The van der Waals surface area contributed by atoms with Gasteiger partial charge in [0.2, 0.25) is 5.91 Å². The van der Waals surface area contributed by atoms with E-state index in [9.17, 15) is 9.59 Å². The number of nitrogens with one attached hydrogen (secondary N) is 2. The lowest BCUT2D eigenvalue weighted by atomic mass is 10.0. The summed E-state index contributed by atoms with van der Waals surface area (Å²) in [7, 11) is 1.93. The Kier molecular flexibility index (Phi) is 4.50. The zero-order chi connectivity index (χ0) is 18.8. The maximum absolute atomic E-state index is 13.1. The lowest BCUT2D eigenvalue weighted by Gasteiger charge is -2.34. The monoisotopic (exact) mass is 363 g/mol. The molecule has 1 aromatic carbocycles. The highest BCUT2D eigenvalue weighted by molar-refractivity contribution is 5.97. The van der Waals surface area contributed by atoms with E-state index in [0.717, 1.165) is 11.3 Å². The van der Waals surface area contributed by atoms with Crippen LogP contribution in [0.1, 0.15) is 16.1 Å². The molecule has 0 bridgehead atoms. The third kappa shape index (κ3) is 3.36. The summed E-state index contributed by atoms with van der Waals surface area (Å²) in [4.78, 5) is 27.2. The minimum Gasteiger partial charge on any atom is -0.353 e. The number of piperazine rings is 1. The van der Waals surface area contributed by atoms with Gasteiger partial charge in [-0.25, -0.2) is 0 Å². The van der Waals surface area contributed by atoms with Gasteiger partial charge < -0.3 is 14.8 Å². The van der Waals surface area contributed by atoms with E-state index in [4.69, 9.17) is 0 Å². The molecule has 1 saturated heterocycles. The number of benzene rings is 1. The van der Waals surface area contributed by atoms with E-state index in [1.54, 1.807) is 11.0 Å². The van der Waals surface area contributed by atoms with Crippen LogP contribution >= 0.6 is 0 Å². The molecule has 7 heteroatoms. The van der Waals surface area contributed by atoms with Crippen LogP contribution < -0.4 is 5.32 Å². The van der Waals surface area contributed by atoms with Crippen molar-refractivity contribution in [3.63, 3.8) is 0 Å². The van der Waals surface area contributed by atoms with E-state index < -0.39 is 6.04 Å². The van der Waals surface area contributed by atoms with E-state index in [1.807, 2.05) is 60.3 Å². The molecule has 2 aromatic heterocycles. The smallest absolute Gasteiger partial charge is 0.272 e. The van der Waals surface area contributed by atoms with Crippen LogP contribution in [-0.2, 0) is 18.3 Å². The van der Waals surface area contributed by atoms with Gasteiger partial charge in [-0.2, -0.15) is 5.10 Å². The van der Waals surface area contributed by atoms with Crippen LogP contribution in [-0.4, -0.2) is 50.6 Å². The molecule has 0 spiro atoms. The Balaban J connectivity index is 1.58. The molecule has 1 aliphatic rings. The number of rotatable bonds is 4. The van der Waals surface area contributed by atoms with Crippen LogP contribution in [0.25, 0.3) is 11.4 Å². The molecule has 0 aliphatic carbocycles. The number of aromatic nitrogens is 3. The number of aryl methyl sites for hydroxylation is 1. The van der Waals surface area contributed by atoms with Gasteiger partial charge in [0.25, 0.3) is 5.91 Å². The van der Waals surface area contributed by atoms with Crippen molar-refractivity contribution in [1.82, 2.24) is 25.0 Å². The molecule has 138 valence electrons. The van der Waals surface area contributed by atoms with E-state index in [1.165, 1.54) is 0 Å². The number of hydrogen-bond acceptors (Lipinski definition) is 3. The molecule has 1 aliphatic heterocycles. The highest BCUT2D eigenvalue weighted by Gasteiger charge is 2.34. The quantitative estimate of drug-likeness (QED) is 0.739.